The third-order valence-corrected chi connectivity index (χ3v) is 3.99. The van der Waals surface area contributed by atoms with Crippen molar-refractivity contribution in [3.05, 3.63) is 41.5 Å². The van der Waals surface area contributed by atoms with E-state index in [1.165, 1.54) is 6.07 Å². The van der Waals surface area contributed by atoms with E-state index in [0.717, 1.165) is 16.5 Å². The van der Waals surface area contributed by atoms with E-state index in [1.54, 1.807) is 23.9 Å². The molecular formula is C15H20FN3S. The Hall–Kier alpha value is -1.36. The predicted octanol–water partition coefficient (Wildman–Crippen LogP) is 4.41. The number of nitrogens with zero attached hydrogens (tertiary/aromatic N) is 3. The maximum Gasteiger partial charge on any atom is 0.191 e. The van der Waals surface area contributed by atoms with Crippen LogP contribution in [-0.4, -0.2) is 14.8 Å². The Balaban J connectivity index is 2.17. The predicted molar refractivity (Wildman–Crippen MR) is 80.5 cm³/mol. The molecule has 0 fully saturated rings. The molecule has 0 saturated heterocycles. The minimum absolute atomic E-state index is 0.198. The summed E-state index contributed by atoms with van der Waals surface area (Å²) in [4.78, 5) is 0. The van der Waals surface area contributed by atoms with Crippen molar-refractivity contribution >= 4 is 11.8 Å². The maximum absolute atomic E-state index is 13.2. The van der Waals surface area contributed by atoms with E-state index in [4.69, 9.17) is 0 Å². The van der Waals surface area contributed by atoms with Gasteiger partial charge in [-0.1, -0.05) is 37.7 Å². The Morgan fingerprint density at radius 2 is 1.95 bits per heavy atom. The third kappa shape index (κ3) is 3.39. The van der Waals surface area contributed by atoms with Gasteiger partial charge in [0, 0.05) is 17.7 Å². The minimum Gasteiger partial charge on any atom is -0.303 e. The van der Waals surface area contributed by atoms with Crippen LogP contribution < -0.4 is 0 Å². The first-order valence-electron chi connectivity index (χ1n) is 6.81. The van der Waals surface area contributed by atoms with Crippen LogP contribution >= 0.6 is 11.8 Å². The van der Waals surface area contributed by atoms with Crippen LogP contribution in [0.3, 0.4) is 0 Å². The van der Waals surface area contributed by atoms with Crippen molar-refractivity contribution in [1.29, 1.82) is 0 Å². The van der Waals surface area contributed by atoms with Crippen LogP contribution in [0.4, 0.5) is 4.39 Å². The molecule has 0 spiro atoms. The molecule has 0 aliphatic carbocycles. The summed E-state index contributed by atoms with van der Waals surface area (Å²) in [7, 11) is 0. The standard InChI is InChI=1S/C15H20FN3S/c1-10(2)14-17-18-15(19(14)11(3)4)20-9-12-6-5-7-13(16)8-12/h5-8,10-11H,9H2,1-4H3. The van der Waals surface area contributed by atoms with Crippen molar-refractivity contribution in [3.8, 4) is 0 Å². The van der Waals surface area contributed by atoms with Gasteiger partial charge in [0.25, 0.3) is 0 Å². The number of hydrogen-bond donors (Lipinski definition) is 0. The highest BCUT2D eigenvalue weighted by Gasteiger charge is 2.17. The van der Waals surface area contributed by atoms with Crippen molar-refractivity contribution in [3.63, 3.8) is 0 Å². The first-order chi connectivity index (χ1) is 9.49. The van der Waals surface area contributed by atoms with Crippen molar-refractivity contribution in [1.82, 2.24) is 14.8 Å². The quantitative estimate of drug-likeness (QED) is 0.765. The number of rotatable bonds is 5. The van der Waals surface area contributed by atoms with Gasteiger partial charge in [0.2, 0.25) is 0 Å². The normalized spacial score (nSPS) is 11.6. The third-order valence-electron chi connectivity index (χ3n) is 2.98. The average Bonchev–Trinajstić information content (AvgIpc) is 2.80. The fourth-order valence-corrected chi connectivity index (χ4v) is 3.06. The zero-order valence-corrected chi connectivity index (χ0v) is 13.1. The van der Waals surface area contributed by atoms with Gasteiger partial charge in [-0.05, 0) is 31.5 Å². The lowest BCUT2D eigenvalue weighted by Gasteiger charge is -2.15. The summed E-state index contributed by atoms with van der Waals surface area (Å²) in [6, 6.07) is 7.00. The molecule has 0 aliphatic heterocycles. The first-order valence-corrected chi connectivity index (χ1v) is 7.79. The van der Waals surface area contributed by atoms with Crippen LogP contribution in [0.1, 0.15) is 51.0 Å². The van der Waals surface area contributed by atoms with E-state index >= 15 is 0 Å². The summed E-state index contributed by atoms with van der Waals surface area (Å²) in [5.74, 6) is 1.84. The van der Waals surface area contributed by atoms with Crippen molar-refractivity contribution < 1.29 is 4.39 Å². The number of thioether (sulfide) groups is 1. The van der Waals surface area contributed by atoms with Crippen LogP contribution in [0.25, 0.3) is 0 Å². The molecule has 2 aromatic rings. The van der Waals surface area contributed by atoms with Gasteiger partial charge in [-0.15, -0.1) is 10.2 Å². The largest absolute Gasteiger partial charge is 0.303 e. The summed E-state index contributed by atoms with van der Waals surface area (Å²) < 4.78 is 15.3. The smallest absolute Gasteiger partial charge is 0.191 e. The fourth-order valence-electron chi connectivity index (χ4n) is 2.04. The van der Waals surface area contributed by atoms with Gasteiger partial charge in [0.15, 0.2) is 5.16 Å². The highest BCUT2D eigenvalue weighted by molar-refractivity contribution is 7.98. The topological polar surface area (TPSA) is 30.7 Å². The van der Waals surface area contributed by atoms with E-state index in [1.807, 2.05) is 6.07 Å². The van der Waals surface area contributed by atoms with Crippen LogP contribution in [0, 0.1) is 5.82 Å². The molecule has 0 bridgehead atoms. The van der Waals surface area contributed by atoms with E-state index in [0.29, 0.717) is 17.7 Å². The van der Waals surface area contributed by atoms with Gasteiger partial charge < -0.3 is 4.57 Å². The van der Waals surface area contributed by atoms with E-state index in [9.17, 15) is 4.39 Å². The second kappa shape index (κ2) is 6.39. The summed E-state index contributed by atoms with van der Waals surface area (Å²) in [5.41, 5.74) is 0.958. The molecule has 0 aliphatic rings. The van der Waals surface area contributed by atoms with Gasteiger partial charge in [-0.3, -0.25) is 0 Å². The van der Waals surface area contributed by atoms with Crippen LogP contribution in [0.2, 0.25) is 0 Å². The van der Waals surface area contributed by atoms with Crippen molar-refractivity contribution in [2.75, 3.05) is 0 Å². The molecule has 1 aromatic heterocycles. The number of hydrogen-bond acceptors (Lipinski definition) is 3. The molecule has 0 amide bonds. The van der Waals surface area contributed by atoms with Gasteiger partial charge in [0.1, 0.15) is 11.6 Å². The highest BCUT2D eigenvalue weighted by atomic mass is 32.2. The second-order valence-electron chi connectivity index (χ2n) is 5.38. The average molecular weight is 293 g/mol. The van der Waals surface area contributed by atoms with Gasteiger partial charge in [-0.2, -0.15) is 0 Å². The summed E-state index contributed by atoms with van der Waals surface area (Å²) in [6.45, 7) is 8.48. The lowest BCUT2D eigenvalue weighted by Crippen LogP contribution is -2.09. The SMILES string of the molecule is CC(C)c1nnc(SCc2cccc(F)c2)n1C(C)C. The summed E-state index contributed by atoms with van der Waals surface area (Å²) in [5, 5.41) is 9.46. The monoisotopic (exact) mass is 293 g/mol. The molecule has 0 N–H and O–H groups in total. The minimum atomic E-state index is -0.198. The van der Waals surface area contributed by atoms with Gasteiger partial charge in [-0.25, -0.2) is 4.39 Å². The molecule has 108 valence electrons. The molecule has 0 radical (unpaired) electrons. The summed E-state index contributed by atoms with van der Waals surface area (Å²) in [6.07, 6.45) is 0. The van der Waals surface area contributed by atoms with Gasteiger partial charge >= 0.3 is 0 Å². The molecule has 0 saturated carbocycles. The number of benzene rings is 1. The lowest BCUT2D eigenvalue weighted by atomic mass is 10.2. The molecule has 20 heavy (non-hydrogen) atoms. The van der Waals surface area contributed by atoms with E-state index in [2.05, 4.69) is 42.5 Å². The molecule has 1 aromatic carbocycles. The van der Waals surface area contributed by atoms with Crippen molar-refractivity contribution in [2.24, 2.45) is 0 Å². The molecule has 3 nitrogen and oxygen atoms in total. The molecular weight excluding hydrogens is 273 g/mol. The van der Waals surface area contributed by atoms with E-state index in [-0.39, 0.29) is 5.82 Å². The molecule has 0 atom stereocenters. The molecule has 2 rings (SSSR count). The van der Waals surface area contributed by atoms with Crippen LogP contribution in [0.15, 0.2) is 29.4 Å². The van der Waals surface area contributed by atoms with Crippen LogP contribution in [-0.2, 0) is 5.75 Å². The molecule has 5 heteroatoms. The summed E-state index contributed by atoms with van der Waals surface area (Å²) >= 11 is 1.60. The Morgan fingerprint density at radius 3 is 2.55 bits per heavy atom. The zero-order valence-electron chi connectivity index (χ0n) is 12.3. The zero-order chi connectivity index (χ0) is 14.7. The van der Waals surface area contributed by atoms with Gasteiger partial charge in [0.05, 0.1) is 0 Å². The maximum atomic E-state index is 13.2. The Bertz CT molecular complexity index is 578. The molecule has 1 heterocycles. The van der Waals surface area contributed by atoms with E-state index < -0.39 is 0 Å². The fraction of sp³-hybridized carbons (Fsp3) is 0.467. The highest BCUT2D eigenvalue weighted by Crippen LogP contribution is 2.27. The Labute approximate surface area is 123 Å². The molecule has 0 unspecified atom stereocenters. The second-order valence-corrected chi connectivity index (χ2v) is 6.32. The Kier molecular flexibility index (Phi) is 4.81. The first kappa shape index (κ1) is 15.0. The number of aromatic nitrogens is 3. The lowest BCUT2D eigenvalue weighted by molar-refractivity contribution is 0.512. The van der Waals surface area contributed by atoms with Crippen molar-refractivity contribution in [2.45, 2.75) is 50.6 Å². The van der Waals surface area contributed by atoms with Crippen LogP contribution in [0.5, 0.6) is 0 Å². The Morgan fingerprint density at radius 1 is 1.20 bits per heavy atom. The number of halogens is 1.